The van der Waals surface area contributed by atoms with Gasteiger partial charge in [0.1, 0.15) is 0 Å². The molecule has 0 spiro atoms. The summed E-state index contributed by atoms with van der Waals surface area (Å²) in [5, 5.41) is 8.82. The van der Waals surface area contributed by atoms with Gasteiger partial charge in [-0.15, -0.1) is 0 Å². The predicted molar refractivity (Wildman–Crippen MR) is 66.1 cm³/mol. The van der Waals surface area contributed by atoms with Crippen molar-refractivity contribution in [1.82, 2.24) is 4.90 Å². The van der Waals surface area contributed by atoms with E-state index in [9.17, 15) is 9.59 Å². The van der Waals surface area contributed by atoms with Crippen LogP contribution in [0.2, 0.25) is 0 Å². The Labute approximate surface area is 106 Å². The number of carbonyl (C=O) groups excluding carboxylic acids is 1. The number of hydrogen-bond donors (Lipinski definition) is 1. The molecule has 0 aromatic heterocycles. The van der Waals surface area contributed by atoms with Crippen LogP contribution < -0.4 is 0 Å². The van der Waals surface area contributed by atoms with Crippen LogP contribution in [0.4, 0.5) is 0 Å². The third-order valence-electron chi connectivity index (χ3n) is 2.53. The Bertz CT molecular complexity index is 431. The van der Waals surface area contributed by atoms with E-state index in [1.54, 1.807) is 18.0 Å². The Kier molecular flexibility index (Phi) is 5.32. The minimum Gasteiger partial charge on any atom is -0.481 e. The van der Waals surface area contributed by atoms with Crippen LogP contribution in [0.3, 0.4) is 0 Å². The van der Waals surface area contributed by atoms with E-state index >= 15 is 0 Å². The van der Waals surface area contributed by atoms with Crippen molar-refractivity contribution in [3.05, 3.63) is 35.4 Å². The second-order valence-electron chi connectivity index (χ2n) is 4.09. The number of rotatable bonds is 6. The van der Waals surface area contributed by atoms with Gasteiger partial charge in [0.05, 0.1) is 20.1 Å². The number of ether oxygens (including phenoxy) is 1. The highest BCUT2D eigenvalue weighted by Crippen LogP contribution is 2.11. The topological polar surface area (TPSA) is 66.8 Å². The Morgan fingerprint density at radius 2 is 1.89 bits per heavy atom. The molecule has 0 bridgehead atoms. The average Bonchev–Trinajstić information content (AvgIpc) is 2.30. The fourth-order valence-corrected chi connectivity index (χ4v) is 1.68. The molecule has 0 aliphatic heterocycles. The van der Waals surface area contributed by atoms with E-state index in [-0.39, 0.29) is 18.9 Å². The average molecular weight is 251 g/mol. The van der Waals surface area contributed by atoms with Crippen molar-refractivity contribution >= 4 is 11.9 Å². The molecule has 0 saturated heterocycles. The van der Waals surface area contributed by atoms with Gasteiger partial charge in [-0.05, 0) is 18.2 Å². The van der Waals surface area contributed by atoms with Crippen LogP contribution in [0.5, 0.6) is 0 Å². The molecule has 0 atom stereocenters. The highest BCUT2D eigenvalue weighted by Gasteiger charge is 2.10. The molecule has 1 N–H and O–H groups in total. The van der Waals surface area contributed by atoms with Gasteiger partial charge in [0.25, 0.3) is 0 Å². The SMILES string of the molecule is COC(=O)CN(C)Cc1ccccc1CC(=O)O. The summed E-state index contributed by atoms with van der Waals surface area (Å²) in [4.78, 5) is 23.6. The lowest BCUT2D eigenvalue weighted by atomic mass is 10.0. The van der Waals surface area contributed by atoms with Crippen molar-refractivity contribution in [1.29, 1.82) is 0 Å². The largest absolute Gasteiger partial charge is 0.481 e. The van der Waals surface area contributed by atoms with Crippen LogP contribution in [-0.4, -0.2) is 42.6 Å². The zero-order valence-electron chi connectivity index (χ0n) is 10.5. The number of hydrogen-bond acceptors (Lipinski definition) is 4. The second kappa shape index (κ2) is 6.76. The lowest BCUT2D eigenvalue weighted by molar-refractivity contribution is -0.141. The molecule has 0 aliphatic carbocycles. The number of benzene rings is 1. The smallest absolute Gasteiger partial charge is 0.319 e. The summed E-state index contributed by atoms with van der Waals surface area (Å²) in [6, 6.07) is 7.32. The second-order valence-corrected chi connectivity index (χ2v) is 4.09. The summed E-state index contributed by atoms with van der Waals surface area (Å²) in [5.74, 6) is -1.17. The summed E-state index contributed by atoms with van der Waals surface area (Å²) in [6.07, 6.45) is -0.0117. The number of esters is 1. The molecule has 0 radical (unpaired) electrons. The maximum atomic E-state index is 11.1. The van der Waals surface area contributed by atoms with Gasteiger partial charge in [-0.3, -0.25) is 14.5 Å². The minimum absolute atomic E-state index is 0.0117. The van der Waals surface area contributed by atoms with Gasteiger partial charge in [-0.1, -0.05) is 24.3 Å². The lowest BCUT2D eigenvalue weighted by Crippen LogP contribution is -2.26. The van der Waals surface area contributed by atoms with Crippen LogP contribution in [0.1, 0.15) is 11.1 Å². The van der Waals surface area contributed by atoms with E-state index in [1.165, 1.54) is 7.11 Å². The van der Waals surface area contributed by atoms with E-state index in [4.69, 9.17) is 5.11 Å². The van der Waals surface area contributed by atoms with Gasteiger partial charge in [-0.25, -0.2) is 0 Å². The van der Waals surface area contributed by atoms with Crippen molar-refractivity contribution in [2.24, 2.45) is 0 Å². The van der Waals surface area contributed by atoms with Gasteiger partial charge in [0.2, 0.25) is 0 Å². The molecular weight excluding hydrogens is 234 g/mol. The quantitative estimate of drug-likeness (QED) is 0.761. The molecule has 0 aliphatic rings. The van der Waals surface area contributed by atoms with E-state index in [2.05, 4.69) is 4.74 Å². The molecule has 0 saturated carbocycles. The van der Waals surface area contributed by atoms with Crippen molar-refractivity contribution < 1.29 is 19.4 Å². The maximum absolute atomic E-state index is 11.1. The molecule has 1 aromatic carbocycles. The summed E-state index contributed by atoms with van der Waals surface area (Å²) in [7, 11) is 3.13. The predicted octanol–water partition coefficient (Wildman–Crippen LogP) is 0.918. The highest BCUT2D eigenvalue weighted by molar-refractivity contribution is 5.71. The summed E-state index contributed by atoms with van der Waals surface area (Å²) in [6.45, 7) is 0.691. The van der Waals surface area contributed by atoms with Gasteiger partial charge in [0.15, 0.2) is 0 Å². The van der Waals surface area contributed by atoms with Crippen LogP contribution in [0, 0.1) is 0 Å². The van der Waals surface area contributed by atoms with Crippen molar-refractivity contribution in [3.8, 4) is 0 Å². The molecule has 0 unspecified atom stereocenters. The number of nitrogens with zero attached hydrogens (tertiary/aromatic N) is 1. The first-order valence-corrected chi connectivity index (χ1v) is 5.57. The molecule has 5 nitrogen and oxygen atoms in total. The molecular formula is C13H17NO4. The fourth-order valence-electron chi connectivity index (χ4n) is 1.68. The number of carboxylic acid groups (broad SMARTS) is 1. The van der Waals surface area contributed by atoms with Gasteiger partial charge < -0.3 is 9.84 Å². The maximum Gasteiger partial charge on any atom is 0.319 e. The normalized spacial score (nSPS) is 10.4. The molecule has 1 aromatic rings. The first-order chi connectivity index (χ1) is 8.52. The molecule has 0 amide bonds. The molecule has 0 heterocycles. The number of likely N-dealkylation sites (N-methyl/N-ethyl adjacent to an activating group) is 1. The minimum atomic E-state index is -0.863. The zero-order valence-corrected chi connectivity index (χ0v) is 10.5. The first-order valence-electron chi connectivity index (χ1n) is 5.57. The number of aliphatic carboxylic acids is 1. The van der Waals surface area contributed by atoms with Gasteiger partial charge in [0, 0.05) is 6.54 Å². The Morgan fingerprint density at radius 1 is 1.28 bits per heavy atom. The third kappa shape index (κ3) is 4.55. The number of carboxylic acids is 1. The van der Waals surface area contributed by atoms with Crippen molar-refractivity contribution in [2.45, 2.75) is 13.0 Å². The number of carbonyl (C=O) groups is 2. The van der Waals surface area contributed by atoms with E-state index in [0.29, 0.717) is 6.54 Å². The van der Waals surface area contributed by atoms with Gasteiger partial charge >= 0.3 is 11.9 Å². The molecule has 0 fully saturated rings. The lowest BCUT2D eigenvalue weighted by Gasteiger charge is -2.17. The number of methoxy groups -OCH3 is 1. The Balaban J connectivity index is 2.71. The van der Waals surface area contributed by atoms with Crippen molar-refractivity contribution in [3.63, 3.8) is 0 Å². The van der Waals surface area contributed by atoms with Crippen molar-refractivity contribution in [2.75, 3.05) is 20.7 Å². The Hall–Kier alpha value is -1.88. The van der Waals surface area contributed by atoms with Crippen LogP contribution >= 0.6 is 0 Å². The zero-order chi connectivity index (χ0) is 13.5. The van der Waals surface area contributed by atoms with Crippen LogP contribution in [0.25, 0.3) is 0 Å². The third-order valence-corrected chi connectivity index (χ3v) is 2.53. The molecule has 5 heteroatoms. The molecule has 98 valence electrons. The monoisotopic (exact) mass is 251 g/mol. The van der Waals surface area contributed by atoms with Crippen LogP contribution in [0.15, 0.2) is 24.3 Å². The van der Waals surface area contributed by atoms with E-state index < -0.39 is 5.97 Å². The first kappa shape index (κ1) is 14.2. The Morgan fingerprint density at radius 3 is 2.44 bits per heavy atom. The fraction of sp³-hybridized carbons (Fsp3) is 0.385. The van der Waals surface area contributed by atoms with E-state index in [1.807, 2.05) is 18.2 Å². The van der Waals surface area contributed by atoms with Gasteiger partial charge in [-0.2, -0.15) is 0 Å². The molecule has 1 rings (SSSR count). The van der Waals surface area contributed by atoms with Crippen LogP contribution in [-0.2, 0) is 27.3 Å². The van der Waals surface area contributed by atoms with E-state index in [0.717, 1.165) is 11.1 Å². The summed E-state index contributed by atoms with van der Waals surface area (Å²) in [5.41, 5.74) is 1.67. The highest BCUT2D eigenvalue weighted by atomic mass is 16.5. The standard InChI is InChI=1S/C13H17NO4/c1-14(9-13(17)18-2)8-11-6-4-3-5-10(11)7-12(15)16/h3-6H,7-9H2,1-2H3,(H,15,16). The summed E-state index contributed by atoms with van der Waals surface area (Å²) >= 11 is 0. The summed E-state index contributed by atoms with van der Waals surface area (Å²) < 4.78 is 4.58. The molecule has 18 heavy (non-hydrogen) atoms.